The number of aromatic amines is 1. The average molecular weight is 445 g/mol. The molecule has 3 N–H and O–H groups in total. The van der Waals surface area contributed by atoms with Gasteiger partial charge in [-0.3, -0.25) is 14.5 Å². The minimum atomic E-state index is -1.33. The second-order valence-electron chi connectivity index (χ2n) is 8.78. The molecule has 0 spiro atoms. The summed E-state index contributed by atoms with van der Waals surface area (Å²) in [5.74, 6) is -0.647. The van der Waals surface area contributed by atoms with Gasteiger partial charge in [0.1, 0.15) is 5.54 Å². The molecule has 9 heteroatoms. The van der Waals surface area contributed by atoms with Crippen molar-refractivity contribution in [3.63, 3.8) is 0 Å². The molecule has 0 saturated heterocycles. The fourth-order valence-electron chi connectivity index (χ4n) is 4.62. The summed E-state index contributed by atoms with van der Waals surface area (Å²) in [7, 11) is 0. The third-order valence-electron chi connectivity index (χ3n) is 6.32. The number of carboxylic acid groups (broad SMARTS) is 1. The fourth-order valence-corrected chi connectivity index (χ4v) is 4.62. The van der Waals surface area contributed by atoms with Crippen molar-refractivity contribution in [1.82, 2.24) is 20.2 Å². The van der Waals surface area contributed by atoms with Crippen LogP contribution in [-0.4, -0.2) is 55.6 Å². The van der Waals surface area contributed by atoms with Gasteiger partial charge in [0.15, 0.2) is 0 Å². The van der Waals surface area contributed by atoms with E-state index in [1.165, 1.54) is 0 Å². The molecule has 0 atom stereocenters. The Morgan fingerprint density at radius 1 is 1.12 bits per heavy atom. The number of hydrazone groups is 1. The highest BCUT2D eigenvalue weighted by atomic mass is 16.4. The molecule has 1 aromatic heterocycles. The summed E-state index contributed by atoms with van der Waals surface area (Å²) in [5, 5.41) is 15.0. The first-order chi connectivity index (χ1) is 15.8. The minimum Gasteiger partial charge on any atom is -0.465 e. The predicted molar refractivity (Wildman–Crippen MR) is 122 cm³/mol. The van der Waals surface area contributed by atoms with Crippen LogP contribution in [0.3, 0.4) is 0 Å². The maximum Gasteiger partial charge on any atom is 0.408 e. The summed E-state index contributed by atoms with van der Waals surface area (Å²) in [6.07, 6.45) is -1.18. The quantitative estimate of drug-likeness (QED) is 0.572. The smallest absolute Gasteiger partial charge is 0.408 e. The summed E-state index contributed by atoms with van der Waals surface area (Å²) in [6, 6.07) is 14.6. The molecule has 0 bridgehead atoms. The molecule has 0 radical (unpaired) electrons. The Morgan fingerprint density at radius 3 is 2.61 bits per heavy atom. The van der Waals surface area contributed by atoms with Gasteiger partial charge < -0.3 is 15.0 Å². The average Bonchev–Trinajstić information content (AvgIpc) is 3.11. The van der Waals surface area contributed by atoms with Crippen molar-refractivity contribution in [2.75, 3.05) is 6.54 Å². The van der Waals surface area contributed by atoms with Gasteiger partial charge in [0.05, 0.1) is 30.9 Å². The molecule has 2 aliphatic heterocycles. The van der Waals surface area contributed by atoms with E-state index in [4.69, 9.17) is 0 Å². The van der Waals surface area contributed by atoms with Crippen molar-refractivity contribution in [3.8, 4) is 0 Å². The number of nitrogens with zero attached hydrogens (tertiary/aromatic N) is 3. The second kappa shape index (κ2) is 7.47. The topological polar surface area (TPSA) is 118 Å². The number of benzene rings is 2. The van der Waals surface area contributed by atoms with Gasteiger partial charge in [-0.05, 0) is 31.5 Å². The largest absolute Gasteiger partial charge is 0.465 e. The van der Waals surface area contributed by atoms with Crippen molar-refractivity contribution < 1.29 is 19.5 Å². The fraction of sp³-hybridized carbons (Fsp3) is 0.250. The number of aromatic nitrogens is 1. The molecule has 9 nitrogen and oxygen atoms in total. The van der Waals surface area contributed by atoms with Gasteiger partial charge in [-0.2, -0.15) is 5.10 Å². The standard InChI is InChI=1S/C24H23N5O4/c1-24(2,29(23(32)33)11-14-7-4-3-5-8-14)22(31)28-12-17-20-18(13-28)26-27-21(30)15-9-6-10-16(25-17)19(15)20/h3-10,25H,11-13H2,1-2H3,(H,27,30)(H,32,33). The maximum atomic E-state index is 13.7. The zero-order chi connectivity index (χ0) is 23.3. The summed E-state index contributed by atoms with van der Waals surface area (Å²) in [6.45, 7) is 3.73. The summed E-state index contributed by atoms with van der Waals surface area (Å²) >= 11 is 0. The normalized spacial score (nSPS) is 15.0. The first kappa shape index (κ1) is 20.7. The molecule has 3 aromatic rings. The molecule has 0 fully saturated rings. The maximum absolute atomic E-state index is 13.7. The molecule has 33 heavy (non-hydrogen) atoms. The number of hydrogen-bond donors (Lipinski definition) is 3. The van der Waals surface area contributed by atoms with E-state index >= 15 is 0 Å². The van der Waals surface area contributed by atoms with E-state index in [9.17, 15) is 19.5 Å². The van der Waals surface area contributed by atoms with Crippen LogP contribution in [0.25, 0.3) is 10.9 Å². The van der Waals surface area contributed by atoms with Gasteiger partial charge in [-0.25, -0.2) is 10.2 Å². The number of nitrogens with one attached hydrogen (secondary N) is 2. The van der Waals surface area contributed by atoms with Crippen molar-refractivity contribution in [1.29, 1.82) is 0 Å². The van der Waals surface area contributed by atoms with Gasteiger partial charge in [-0.1, -0.05) is 36.4 Å². The van der Waals surface area contributed by atoms with Gasteiger partial charge in [0, 0.05) is 22.2 Å². The highest BCUT2D eigenvalue weighted by Gasteiger charge is 2.43. The summed E-state index contributed by atoms with van der Waals surface area (Å²) in [4.78, 5) is 44.4. The number of amides is 3. The Labute approximate surface area is 189 Å². The lowest BCUT2D eigenvalue weighted by Gasteiger charge is -2.40. The van der Waals surface area contributed by atoms with E-state index in [1.54, 1.807) is 30.9 Å². The van der Waals surface area contributed by atoms with Crippen LogP contribution in [0.15, 0.2) is 53.6 Å². The molecule has 0 unspecified atom stereocenters. The summed E-state index contributed by atoms with van der Waals surface area (Å²) in [5.41, 5.74) is 5.53. The van der Waals surface area contributed by atoms with E-state index in [-0.39, 0.29) is 31.4 Å². The highest BCUT2D eigenvalue weighted by molar-refractivity contribution is 6.21. The van der Waals surface area contributed by atoms with Crippen LogP contribution in [0.1, 0.15) is 41.0 Å². The van der Waals surface area contributed by atoms with Gasteiger partial charge in [-0.15, -0.1) is 0 Å². The van der Waals surface area contributed by atoms with E-state index in [0.29, 0.717) is 11.3 Å². The zero-order valence-electron chi connectivity index (χ0n) is 18.3. The molecule has 2 aliphatic rings. The van der Waals surface area contributed by atoms with Crippen LogP contribution in [0, 0.1) is 0 Å². The van der Waals surface area contributed by atoms with Gasteiger partial charge in [0.2, 0.25) is 5.91 Å². The molecule has 3 amide bonds. The van der Waals surface area contributed by atoms with Crippen molar-refractivity contribution in [2.45, 2.75) is 32.5 Å². The van der Waals surface area contributed by atoms with Crippen LogP contribution in [0.2, 0.25) is 0 Å². The summed E-state index contributed by atoms with van der Waals surface area (Å²) < 4.78 is 0. The number of carbonyl (C=O) groups is 3. The number of carbonyl (C=O) groups excluding carboxylic acids is 2. The monoisotopic (exact) mass is 445 g/mol. The molecule has 168 valence electrons. The lowest BCUT2D eigenvalue weighted by molar-refractivity contribution is -0.142. The second-order valence-corrected chi connectivity index (χ2v) is 8.78. The molecule has 2 aromatic carbocycles. The van der Waals surface area contributed by atoms with E-state index in [1.807, 2.05) is 36.4 Å². The van der Waals surface area contributed by atoms with Crippen LogP contribution in [-0.2, 0) is 17.9 Å². The van der Waals surface area contributed by atoms with E-state index in [0.717, 1.165) is 32.6 Å². The Bertz CT molecular complexity index is 1330. The van der Waals surface area contributed by atoms with Crippen LogP contribution >= 0.6 is 0 Å². The van der Waals surface area contributed by atoms with Crippen molar-refractivity contribution in [2.24, 2.45) is 5.10 Å². The Morgan fingerprint density at radius 2 is 1.88 bits per heavy atom. The molecule has 0 saturated carbocycles. The minimum absolute atomic E-state index is 0.0841. The molecular weight excluding hydrogens is 422 g/mol. The molecule has 3 heterocycles. The van der Waals surface area contributed by atoms with Crippen LogP contribution in [0.5, 0.6) is 0 Å². The zero-order valence-corrected chi connectivity index (χ0v) is 18.3. The molecular formula is C24H23N5O4. The van der Waals surface area contributed by atoms with E-state index < -0.39 is 11.6 Å². The Kier molecular flexibility index (Phi) is 4.70. The third-order valence-corrected chi connectivity index (χ3v) is 6.32. The lowest BCUT2D eigenvalue weighted by Crippen LogP contribution is -2.58. The van der Waals surface area contributed by atoms with Crippen LogP contribution < -0.4 is 5.43 Å². The number of hydrogen-bond acceptors (Lipinski definition) is 4. The van der Waals surface area contributed by atoms with Gasteiger partial charge >= 0.3 is 6.09 Å². The first-order valence-electron chi connectivity index (χ1n) is 10.6. The number of rotatable bonds is 4. The van der Waals surface area contributed by atoms with Crippen molar-refractivity contribution in [3.05, 3.63) is 70.9 Å². The Balaban J connectivity index is 1.50. The third kappa shape index (κ3) is 3.32. The van der Waals surface area contributed by atoms with Crippen molar-refractivity contribution >= 4 is 34.5 Å². The number of H-pyrrole nitrogens is 1. The predicted octanol–water partition coefficient (Wildman–Crippen LogP) is 2.92. The first-order valence-corrected chi connectivity index (χ1v) is 10.6. The highest BCUT2D eigenvalue weighted by Crippen LogP contribution is 2.33. The molecule has 0 aliphatic carbocycles. The lowest BCUT2D eigenvalue weighted by atomic mass is 9.95. The Hall–Kier alpha value is -4.14. The van der Waals surface area contributed by atoms with Crippen LogP contribution in [0.4, 0.5) is 4.79 Å². The SMILES string of the molecule is CC(C)(C(=O)N1CC2=NNC(=O)c3cccc4[nH]c(c2c34)C1)N(Cc1ccccc1)C(=O)O. The van der Waals surface area contributed by atoms with Gasteiger partial charge in [0.25, 0.3) is 5.91 Å². The van der Waals surface area contributed by atoms with E-state index in [2.05, 4.69) is 15.5 Å². The molecule has 5 rings (SSSR count).